The number of carbonyl (C=O) groups is 1. The minimum Gasteiger partial charge on any atom is -0.461 e. The van der Waals surface area contributed by atoms with Gasteiger partial charge in [0.1, 0.15) is 0 Å². The second-order valence-corrected chi connectivity index (χ2v) is 4.84. The number of benzene rings is 1. The van der Waals surface area contributed by atoms with Gasteiger partial charge in [-0.25, -0.2) is 9.78 Å². The van der Waals surface area contributed by atoms with E-state index >= 15 is 0 Å². The zero-order valence-electron chi connectivity index (χ0n) is 12.3. The summed E-state index contributed by atoms with van der Waals surface area (Å²) < 4.78 is 8.93. The molecule has 0 aliphatic rings. The number of nitrogens with zero attached hydrogens (tertiary/aromatic N) is 3. The lowest BCUT2D eigenvalue weighted by Crippen LogP contribution is -2.12. The van der Waals surface area contributed by atoms with Crippen molar-refractivity contribution in [1.82, 2.24) is 14.1 Å². The number of esters is 1. The Hall–Kier alpha value is -2.82. The van der Waals surface area contributed by atoms with Crippen LogP contribution in [0.2, 0.25) is 0 Å². The van der Waals surface area contributed by atoms with E-state index in [0.717, 1.165) is 5.56 Å². The van der Waals surface area contributed by atoms with Crippen LogP contribution in [-0.2, 0) is 11.3 Å². The van der Waals surface area contributed by atoms with E-state index in [1.54, 1.807) is 13.3 Å². The van der Waals surface area contributed by atoms with Gasteiger partial charge in [0.05, 0.1) is 19.5 Å². The van der Waals surface area contributed by atoms with E-state index in [1.165, 1.54) is 0 Å². The molecule has 0 aliphatic carbocycles. The van der Waals surface area contributed by atoms with E-state index in [4.69, 9.17) is 4.74 Å². The third-order valence-corrected chi connectivity index (χ3v) is 3.32. The van der Waals surface area contributed by atoms with Crippen molar-refractivity contribution in [2.45, 2.75) is 13.5 Å². The highest BCUT2D eigenvalue weighted by molar-refractivity contribution is 5.90. The van der Waals surface area contributed by atoms with Gasteiger partial charge in [0.25, 0.3) is 0 Å². The first-order chi connectivity index (χ1) is 10.8. The summed E-state index contributed by atoms with van der Waals surface area (Å²) in [4.78, 5) is 16.4. The maximum atomic E-state index is 12.1. The number of hydrogen-bond acceptors (Lipinski definition) is 3. The van der Waals surface area contributed by atoms with Crippen LogP contribution >= 0.6 is 0 Å². The molecule has 0 saturated carbocycles. The molecule has 0 radical (unpaired) electrons. The highest BCUT2D eigenvalue weighted by Gasteiger charge is 2.20. The van der Waals surface area contributed by atoms with Crippen molar-refractivity contribution >= 4 is 5.97 Å². The van der Waals surface area contributed by atoms with Gasteiger partial charge in [-0.1, -0.05) is 30.3 Å². The third-order valence-electron chi connectivity index (χ3n) is 3.32. The predicted octanol–water partition coefficient (Wildman–Crippen LogP) is 2.90. The minimum absolute atomic E-state index is 0.328. The third kappa shape index (κ3) is 2.79. The van der Waals surface area contributed by atoms with Crippen LogP contribution in [0.4, 0.5) is 0 Å². The fourth-order valence-electron chi connectivity index (χ4n) is 2.36. The van der Waals surface area contributed by atoms with Crippen LogP contribution in [0.15, 0.2) is 61.2 Å². The Morgan fingerprint density at radius 3 is 2.55 bits per heavy atom. The maximum absolute atomic E-state index is 12.1. The Kier molecular flexibility index (Phi) is 4.05. The number of carbonyl (C=O) groups excluding carboxylic acids is 1. The van der Waals surface area contributed by atoms with Gasteiger partial charge in [0.2, 0.25) is 0 Å². The quantitative estimate of drug-likeness (QED) is 0.680. The van der Waals surface area contributed by atoms with Gasteiger partial charge in [-0.3, -0.25) is 0 Å². The Morgan fingerprint density at radius 1 is 1.14 bits per heavy atom. The monoisotopic (exact) mass is 295 g/mol. The van der Waals surface area contributed by atoms with Crippen LogP contribution in [0.5, 0.6) is 0 Å². The number of hydrogen-bond donors (Lipinski definition) is 0. The van der Waals surface area contributed by atoms with E-state index in [-0.39, 0.29) is 0 Å². The van der Waals surface area contributed by atoms with Crippen LogP contribution in [0.25, 0.3) is 5.82 Å². The summed E-state index contributed by atoms with van der Waals surface area (Å²) in [6, 6.07) is 13.9. The molecule has 2 heterocycles. The molecule has 0 fully saturated rings. The van der Waals surface area contributed by atoms with Crippen molar-refractivity contribution in [3.05, 3.63) is 72.4 Å². The molecule has 0 aliphatic heterocycles. The zero-order valence-corrected chi connectivity index (χ0v) is 12.3. The number of rotatable bonds is 5. The summed E-state index contributed by atoms with van der Waals surface area (Å²) in [6.07, 6.45) is 5.46. The Labute approximate surface area is 128 Å². The first kappa shape index (κ1) is 14.1. The van der Waals surface area contributed by atoms with Gasteiger partial charge < -0.3 is 13.9 Å². The van der Waals surface area contributed by atoms with Gasteiger partial charge >= 0.3 is 5.97 Å². The first-order valence-corrected chi connectivity index (χ1v) is 7.19. The molecule has 0 saturated heterocycles. The molecule has 2 aromatic heterocycles. The van der Waals surface area contributed by atoms with Gasteiger partial charge in [0.15, 0.2) is 11.5 Å². The van der Waals surface area contributed by atoms with Crippen molar-refractivity contribution in [1.29, 1.82) is 0 Å². The molecular weight excluding hydrogens is 278 g/mol. The normalized spacial score (nSPS) is 10.6. The van der Waals surface area contributed by atoms with Gasteiger partial charge in [0, 0.05) is 12.4 Å². The van der Waals surface area contributed by atoms with E-state index in [2.05, 4.69) is 4.98 Å². The number of aromatic nitrogens is 3. The number of ether oxygens (including phenoxy) is 1. The summed E-state index contributed by atoms with van der Waals surface area (Å²) in [7, 11) is 0. The molecule has 5 heteroatoms. The van der Waals surface area contributed by atoms with Gasteiger partial charge in [-0.05, 0) is 24.6 Å². The SMILES string of the molecule is CCOC(=O)c1ncn(Cc2ccccc2)c1-n1cccc1. The highest BCUT2D eigenvalue weighted by atomic mass is 16.5. The van der Waals surface area contributed by atoms with Crippen LogP contribution in [0, 0.1) is 0 Å². The van der Waals surface area contributed by atoms with Gasteiger partial charge in [-0.2, -0.15) is 0 Å². The van der Waals surface area contributed by atoms with E-state index in [1.807, 2.05) is 64.0 Å². The standard InChI is InChI=1S/C17H17N3O2/c1-2-22-17(21)15-16(19-10-6-7-11-19)20(13-18-15)12-14-8-4-3-5-9-14/h3-11,13H,2,12H2,1H3. The average molecular weight is 295 g/mol. The first-order valence-electron chi connectivity index (χ1n) is 7.19. The molecule has 0 spiro atoms. The molecule has 112 valence electrons. The molecule has 0 amide bonds. The average Bonchev–Trinajstić information content (AvgIpc) is 3.17. The second kappa shape index (κ2) is 6.30. The topological polar surface area (TPSA) is 49.0 Å². The summed E-state index contributed by atoms with van der Waals surface area (Å²) in [5, 5.41) is 0. The van der Waals surface area contributed by atoms with Crippen LogP contribution in [-0.4, -0.2) is 26.7 Å². The smallest absolute Gasteiger partial charge is 0.360 e. The Morgan fingerprint density at radius 2 is 1.86 bits per heavy atom. The minimum atomic E-state index is -0.405. The fourth-order valence-corrected chi connectivity index (χ4v) is 2.36. The molecule has 0 unspecified atom stereocenters. The molecular formula is C17H17N3O2. The van der Waals surface area contributed by atoms with Crippen LogP contribution in [0.3, 0.4) is 0 Å². The molecule has 22 heavy (non-hydrogen) atoms. The lowest BCUT2D eigenvalue weighted by atomic mass is 10.2. The lowest BCUT2D eigenvalue weighted by Gasteiger charge is -2.11. The Balaban J connectivity index is 2.01. The van der Waals surface area contributed by atoms with E-state index in [9.17, 15) is 4.79 Å². The molecule has 1 aromatic carbocycles. The lowest BCUT2D eigenvalue weighted by molar-refractivity contribution is 0.0520. The molecule has 3 aromatic rings. The summed E-state index contributed by atoms with van der Waals surface area (Å²) in [5.41, 5.74) is 1.47. The van der Waals surface area contributed by atoms with Crippen LogP contribution in [0.1, 0.15) is 23.0 Å². The van der Waals surface area contributed by atoms with Crippen molar-refractivity contribution < 1.29 is 9.53 Å². The van der Waals surface area contributed by atoms with Crippen molar-refractivity contribution in [3.63, 3.8) is 0 Å². The largest absolute Gasteiger partial charge is 0.461 e. The van der Waals surface area contributed by atoms with Crippen molar-refractivity contribution in [3.8, 4) is 5.82 Å². The molecule has 0 bridgehead atoms. The summed E-state index contributed by atoms with van der Waals surface area (Å²) >= 11 is 0. The van der Waals surface area contributed by atoms with Crippen molar-refractivity contribution in [2.75, 3.05) is 6.61 Å². The van der Waals surface area contributed by atoms with Crippen molar-refractivity contribution in [2.24, 2.45) is 0 Å². The molecule has 0 atom stereocenters. The molecule has 5 nitrogen and oxygen atoms in total. The highest BCUT2D eigenvalue weighted by Crippen LogP contribution is 2.17. The fraction of sp³-hybridized carbons (Fsp3) is 0.176. The Bertz CT molecular complexity index is 746. The zero-order chi connectivity index (χ0) is 15.4. The molecule has 3 rings (SSSR count). The molecule has 0 N–H and O–H groups in total. The maximum Gasteiger partial charge on any atom is 0.360 e. The summed E-state index contributed by atoms with van der Waals surface area (Å²) in [6.45, 7) is 2.75. The van der Waals surface area contributed by atoms with Crippen LogP contribution < -0.4 is 0 Å². The summed E-state index contributed by atoms with van der Waals surface area (Å²) in [5.74, 6) is 0.310. The number of imidazole rings is 1. The predicted molar refractivity (Wildman–Crippen MR) is 83.1 cm³/mol. The second-order valence-electron chi connectivity index (χ2n) is 4.84. The van der Waals surface area contributed by atoms with Gasteiger partial charge in [-0.15, -0.1) is 0 Å². The van der Waals surface area contributed by atoms with E-state index in [0.29, 0.717) is 24.7 Å². The van der Waals surface area contributed by atoms with E-state index < -0.39 is 5.97 Å².